The Labute approximate surface area is 171 Å². The van der Waals surface area contributed by atoms with Gasteiger partial charge in [-0.05, 0) is 42.8 Å². The van der Waals surface area contributed by atoms with Crippen molar-refractivity contribution in [2.45, 2.75) is 36.6 Å². The molecule has 1 aromatic heterocycles. The molecule has 0 radical (unpaired) electrons. The normalized spacial score (nSPS) is 12.6. The van der Waals surface area contributed by atoms with Gasteiger partial charge < -0.3 is 5.32 Å². The van der Waals surface area contributed by atoms with Gasteiger partial charge in [-0.2, -0.15) is 18.3 Å². The number of nitrogens with one attached hydrogen (secondary N) is 1. The summed E-state index contributed by atoms with van der Waals surface area (Å²) in [6.07, 6.45) is -2.16. The van der Waals surface area contributed by atoms with Crippen LogP contribution in [0.25, 0.3) is 5.69 Å². The second-order valence-corrected chi connectivity index (χ2v) is 7.99. The summed E-state index contributed by atoms with van der Waals surface area (Å²) in [5.74, 6) is -0.701. The maximum absolute atomic E-state index is 13.5. The molecule has 1 amide bonds. The van der Waals surface area contributed by atoms with Crippen molar-refractivity contribution in [2.24, 2.45) is 0 Å². The van der Waals surface area contributed by atoms with Gasteiger partial charge in [0.1, 0.15) is 0 Å². The zero-order valence-corrected chi connectivity index (χ0v) is 16.7. The molecule has 0 bridgehead atoms. The third kappa shape index (κ3) is 5.20. The fourth-order valence-corrected chi connectivity index (χ4v) is 3.58. The predicted octanol–water partition coefficient (Wildman–Crippen LogP) is 6.03. The molecule has 152 valence electrons. The van der Waals surface area contributed by atoms with E-state index in [-0.39, 0.29) is 16.6 Å². The van der Waals surface area contributed by atoms with E-state index in [1.807, 2.05) is 44.2 Å². The lowest BCUT2D eigenvalue weighted by atomic mass is 10.1. The van der Waals surface area contributed by atoms with Crippen LogP contribution in [-0.2, 0) is 6.18 Å². The summed E-state index contributed by atoms with van der Waals surface area (Å²) in [5, 5.41) is 6.70. The lowest BCUT2D eigenvalue weighted by Gasteiger charge is -2.16. The number of carbonyl (C=O) groups excluding carboxylic acids is 1. The van der Waals surface area contributed by atoms with Crippen LogP contribution in [0, 0.1) is 0 Å². The Morgan fingerprint density at radius 1 is 1.17 bits per heavy atom. The van der Waals surface area contributed by atoms with E-state index >= 15 is 0 Å². The Kier molecular flexibility index (Phi) is 6.32. The van der Waals surface area contributed by atoms with E-state index in [1.54, 1.807) is 12.3 Å². The van der Waals surface area contributed by atoms with Crippen LogP contribution >= 0.6 is 11.8 Å². The minimum atomic E-state index is -4.59. The summed E-state index contributed by atoms with van der Waals surface area (Å²) in [7, 11) is 0. The van der Waals surface area contributed by atoms with Crippen molar-refractivity contribution in [3.05, 3.63) is 72.1 Å². The lowest BCUT2D eigenvalue weighted by molar-refractivity contribution is -0.137. The van der Waals surface area contributed by atoms with Gasteiger partial charge in [-0.15, -0.1) is 11.8 Å². The molecule has 3 rings (SSSR count). The van der Waals surface area contributed by atoms with Crippen LogP contribution in [0.5, 0.6) is 0 Å². The number of para-hydroxylation sites is 1. The Morgan fingerprint density at radius 2 is 1.90 bits per heavy atom. The smallest absolute Gasteiger partial charge is 0.320 e. The van der Waals surface area contributed by atoms with E-state index < -0.39 is 17.6 Å². The van der Waals surface area contributed by atoms with Gasteiger partial charge in [-0.1, -0.05) is 32.0 Å². The molecule has 1 atom stereocenters. The second kappa shape index (κ2) is 8.73. The van der Waals surface area contributed by atoms with E-state index in [0.717, 1.165) is 18.2 Å². The van der Waals surface area contributed by atoms with E-state index in [1.165, 1.54) is 28.6 Å². The van der Waals surface area contributed by atoms with Gasteiger partial charge in [-0.25, -0.2) is 4.68 Å². The van der Waals surface area contributed by atoms with Gasteiger partial charge in [0.25, 0.3) is 5.91 Å². The van der Waals surface area contributed by atoms with E-state index in [9.17, 15) is 18.0 Å². The highest BCUT2D eigenvalue weighted by Gasteiger charge is 2.34. The predicted molar refractivity (Wildman–Crippen MR) is 109 cm³/mol. The molecule has 1 N–H and O–H groups in total. The third-order valence-corrected chi connectivity index (χ3v) is 5.56. The van der Waals surface area contributed by atoms with Crippen molar-refractivity contribution in [1.29, 1.82) is 0 Å². The maximum Gasteiger partial charge on any atom is 0.418 e. The van der Waals surface area contributed by atoms with Gasteiger partial charge in [-0.3, -0.25) is 4.79 Å². The van der Waals surface area contributed by atoms with Gasteiger partial charge in [0.2, 0.25) is 0 Å². The molecule has 0 aliphatic rings. The molecule has 0 aliphatic heterocycles. The zero-order valence-electron chi connectivity index (χ0n) is 15.9. The van der Waals surface area contributed by atoms with Crippen LogP contribution < -0.4 is 5.32 Å². The fourth-order valence-electron chi connectivity index (χ4n) is 2.61. The summed E-state index contributed by atoms with van der Waals surface area (Å²) in [6, 6.07) is 14.5. The average Bonchev–Trinajstić information content (AvgIpc) is 3.19. The number of nitrogens with zero attached hydrogens (tertiary/aromatic N) is 2. The van der Waals surface area contributed by atoms with Crippen LogP contribution in [0.1, 0.15) is 36.3 Å². The number of benzene rings is 2. The molecular weight excluding hydrogens is 399 g/mol. The van der Waals surface area contributed by atoms with Crippen LogP contribution in [0.2, 0.25) is 0 Å². The highest BCUT2D eigenvalue weighted by atomic mass is 32.2. The molecule has 0 saturated carbocycles. The Morgan fingerprint density at radius 3 is 2.55 bits per heavy atom. The van der Waals surface area contributed by atoms with Crippen molar-refractivity contribution < 1.29 is 18.0 Å². The Bertz CT molecular complexity index is 986. The molecule has 0 spiro atoms. The molecular formula is C21H20F3N3OS. The minimum absolute atomic E-state index is 0.0278. The number of anilines is 1. The number of hydrogen-bond acceptors (Lipinski definition) is 3. The number of amides is 1. The largest absolute Gasteiger partial charge is 0.418 e. The number of thioether (sulfide) groups is 1. The standard InChI is InChI=1S/C21H20F3N3OS/c1-3-14(2)29-16-9-10-18(17(13-16)21(22,23)24)25-20(28)19-11-12-27(26-19)15-7-5-4-6-8-15/h4-14H,3H2,1-2H3,(H,25,28)/t14-/m0/s1. The quantitative estimate of drug-likeness (QED) is 0.496. The first-order chi connectivity index (χ1) is 13.8. The van der Waals surface area contributed by atoms with E-state index in [4.69, 9.17) is 0 Å². The van der Waals surface area contributed by atoms with Crippen molar-refractivity contribution >= 4 is 23.4 Å². The number of carbonyl (C=O) groups is 1. The number of halogens is 3. The summed E-state index contributed by atoms with van der Waals surface area (Å²) in [5.41, 5.74) is -0.388. The summed E-state index contributed by atoms with van der Waals surface area (Å²) in [4.78, 5) is 13.0. The molecule has 0 saturated heterocycles. The van der Waals surface area contributed by atoms with Crippen LogP contribution in [0.3, 0.4) is 0 Å². The van der Waals surface area contributed by atoms with Crippen molar-refractivity contribution in [3.8, 4) is 5.69 Å². The molecule has 0 fully saturated rings. The molecule has 4 nitrogen and oxygen atoms in total. The highest BCUT2D eigenvalue weighted by Crippen LogP contribution is 2.38. The number of rotatable bonds is 6. The number of hydrogen-bond donors (Lipinski definition) is 1. The maximum atomic E-state index is 13.5. The second-order valence-electron chi connectivity index (χ2n) is 6.48. The van der Waals surface area contributed by atoms with Crippen LogP contribution in [-0.4, -0.2) is 20.9 Å². The van der Waals surface area contributed by atoms with Gasteiger partial charge >= 0.3 is 6.18 Å². The fraction of sp³-hybridized carbons (Fsp3) is 0.238. The molecule has 29 heavy (non-hydrogen) atoms. The number of aromatic nitrogens is 2. The molecule has 3 aromatic rings. The van der Waals surface area contributed by atoms with Gasteiger partial charge in [0, 0.05) is 16.3 Å². The van der Waals surface area contributed by atoms with Gasteiger partial charge in [0.05, 0.1) is 16.9 Å². The van der Waals surface area contributed by atoms with Crippen molar-refractivity contribution in [3.63, 3.8) is 0 Å². The van der Waals surface area contributed by atoms with Gasteiger partial charge in [0.15, 0.2) is 5.69 Å². The first kappa shape index (κ1) is 21.0. The number of alkyl halides is 3. The van der Waals surface area contributed by atoms with Crippen LogP contribution in [0.15, 0.2) is 65.7 Å². The molecule has 0 unspecified atom stereocenters. The van der Waals surface area contributed by atoms with E-state index in [2.05, 4.69) is 10.4 Å². The zero-order chi connectivity index (χ0) is 21.0. The minimum Gasteiger partial charge on any atom is -0.320 e. The topological polar surface area (TPSA) is 46.9 Å². The van der Waals surface area contributed by atoms with E-state index in [0.29, 0.717) is 4.90 Å². The summed E-state index contributed by atoms with van der Waals surface area (Å²) < 4.78 is 42.1. The third-order valence-electron chi connectivity index (χ3n) is 4.30. The average molecular weight is 419 g/mol. The van der Waals surface area contributed by atoms with Crippen LogP contribution in [0.4, 0.5) is 18.9 Å². The molecule has 2 aromatic carbocycles. The Hall–Kier alpha value is -2.74. The first-order valence-electron chi connectivity index (χ1n) is 9.08. The summed E-state index contributed by atoms with van der Waals surface area (Å²) >= 11 is 1.37. The SMILES string of the molecule is CC[C@H](C)Sc1ccc(NC(=O)c2ccn(-c3ccccc3)n2)c(C(F)(F)F)c1. The van der Waals surface area contributed by atoms with Crippen molar-refractivity contribution in [1.82, 2.24) is 9.78 Å². The lowest BCUT2D eigenvalue weighted by Crippen LogP contribution is -2.17. The monoisotopic (exact) mass is 419 g/mol. The Balaban J connectivity index is 1.83. The highest BCUT2D eigenvalue weighted by molar-refractivity contribution is 7.99. The molecule has 8 heteroatoms. The summed E-state index contributed by atoms with van der Waals surface area (Å²) in [6.45, 7) is 3.93. The first-order valence-corrected chi connectivity index (χ1v) is 9.96. The molecule has 0 aliphatic carbocycles. The van der Waals surface area contributed by atoms with Crippen molar-refractivity contribution in [2.75, 3.05) is 5.32 Å². The molecule has 1 heterocycles.